The van der Waals surface area contributed by atoms with Crippen molar-refractivity contribution < 1.29 is 8.83 Å². The van der Waals surface area contributed by atoms with Crippen LogP contribution < -0.4 is 0 Å². The lowest BCUT2D eigenvalue weighted by molar-refractivity contribution is 0.557. The van der Waals surface area contributed by atoms with E-state index in [-0.39, 0.29) is 0 Å². The number of aromatic nitrogens is 2. The number of benzene rings is 1. The second-order valence-corrected chi connectivity index (χ2v) is 17.3. The maximum Gasteiger partial charge on any atom is 0.237 e. The van der Waals surface area contributed by atoms with Gasteiger partial charge >= 0.3 is 0 Å². The van der Waals surface area contributed by atoms with E-state index in [9.17, 15) is 0 Å². The Bertz CT molecular complexity index is 1490. The van der Waals surface area contributed by atoms with Gasteiger partial charge in [-0.25, -0.2) is 9.97 Å². The molecule has 4 nitrogen and oxygen atoms in total. The average Bonchev–Trinajstić information content (AvgIpc) is 3.91. The molecule has 0 aliphatic heterocycles. The molecule has 5 aromatic rings. The number of aryl methyl sites for hydroxylation is 2. The van der Waals surface area contributed by atoms with E-state index in [0.29, 0.717) is 22.9 Å². The van der Waals surface area contributed by atoms with Crippen LogP contribution in [-0.4, -0.2) is 9.97 Å². The van der Waals surface area contributed by atoms with Crippen molar-refractivity contribution in [2.75, 3.05) is 0 Å². The van der Waals surface area contributed by atoms with E-state index in [1.54, 1.807) is 22.7 Å². The average molecular weight is 819 g/mol. The van der Waals surface area contributed by atoms with Gasteiger partial charge in [0.2, 0.25) is 11.8 Å². The fourth-order valence-electron chi connectivity index (χ4n) is 6.49. The van der Waals surface area contributed by atoms with Crippen molar-refractivity contribution in [1.82, 2.24) is 9.97 Å². The normalized spacial score (nSPS) is 11.9. The molecule has 4 heterocycles. The number of hydrogen-bond acceptors (Lipinski definition) is 6. The molecule has 0 bridgehead atoms. The molecule has 0 aliphatic rings. The van der Waals surface area contributed by atoms with Crippen LogP contribution in [0.1, 0.15) is 152 Å². The molecule has 0 amide bonds. The molecule has 0 aliphatic carbocycles. The largest absolute Gasteiger partial charge is 0.434 e. The van der Waals surface area contributed by atoms with Crippen LogP contribution in [0.5, 0.6) is 0 Å². The molecule has 0 saturated carbocycles. The van der Waals surface area contributed by atoms with Gasteiger partial charge in [-0.15, -0.1) is 22.7 Å². The Morgan fingerprint density at radius 1 is 0.479 bits per heavy atom. The smallest absolute Gasteiger partial charge is 0.237 e. The number of hydrogen-bond donors (Lipinski definition) is 0. The first-order chi connectivity index (χ1) is 23.6. The third-order valence-electron chi connectivity index (χ3n) is 9.37. The van der Waals surface area contributed by atoms with Gasteiger partial charge in [0.1, 0.15) is 11.0 Å². The number of oxazole rings is 2. The van der Waals surface area contributed by atoms with Gasteiger partial charge in [0.05, 0.1) is 18.7 Å². The molecule has 0 radical (unpaired) electrons. The summed E-state index contributed by atoms with van der Waals surface area (Å²) in [5.74, 6) is 1.29. The summed E-state index contributed by atoms with van der Waals surface area (Å²) in [6.45, 7) is 4.57. The van der Waals surface area contributed by atoms with Crippen molar-refractivity contribution in [3.63, 3.8) is 0 Å². The molecule has 48 heavy (non-hydrogen) atoms. The minimum Gasteiger partial charge on any atom is -0.434 e. The Balaban J connectivity index is 1.12. The van der Waals surface area contributed by atoms with Crippen LogP contribution in [0, 0.1) is 0 Å². The Morgan fingerprint density at radius 3 is 1.17 bits per heavy atom. The van der Waals surface area contributed by atoms with Gasteiger partial charge in [-0.05, 0) is 81.8 Å². The summed E-state index contributed by atoms with van der Waals surface area (Å²) in [5.41, 5.74) is 2.90. The predicted molar refractivity (Wildman–Crippen MR) is 215 cm³/mol. The number of fused-ring (bicyclic) bond motifs is 2. The molecule has 0 saturated heterocycles. The minimum atomic E-state index is 0.647. The molecule has 5 rings (SSSR count). The van der Waals surface area contributed by atoms with Crippen LogP contribution in [0.4, 0.5) is 0 Å². The first-order valence-electron chi connectivity index (χ1n) is 18.8. The van der Waals surface area contributed by atoms with Crippen LogP contribution in [0.25, 0.3) is 43.7 Å². The third kappa shape index (κ3) is 10.8. The van der Waals surface area contributed by atoms with Crippen LogP contribution in [0.15, 0.2) is 42.0 Å². The lowest BCUT2D eigenvalue weighted by Gasteiger charge is -2.01. The fourth-order valence-corrected chi connectivity index (χ4v) is 9.52. The molecule has 0 atom stereocenters. The minimum absolute atomic E-state index is 0.647. The van der Waals surface area contributed by atoms with E-state index in [0.717, 1.165) is 42.6 Å². The van der Waals surface area contributed by atoms with Gasteiger partial charge in [0.15, 0.2) is 11.2 Å². The molecule has 262 valence electrons. The highest BCUT2D eigenvalue weighted by Gasteiger charge is 2.24. The lowest BCUT2D eigenvalue weighted by atomic mass is 10.1. The van der Waals surface area contributed by atoms with Gasteiger partial charge in [-0.2, -0.15) is 0 Å². The zero-order valence-electron chi connectivity index (χ0n) is 29.1. The maximum atomic E-state index is 6.36. The van der Waals surface area contributed by atoms with Crippen LogP contribution in [0.2, 0.25) is 0 Å². The van der Waals surface area contributed by atoms with Crippen LogP contribution in [-0.2, 0) is 12.8 Å². The van der Waals surface area contributed by atoms with Crippen molar-refractivity contribution in [1.29, 1.82) is 0 Å². The molecule has 0 unspecified atom stereocenters. The number of rotatable bonds is 24. The first-order valence-corrected chi connectivity index (χ1v) is 22.1. The Kier molecular flexibility index (Phi) is 16.0. The molecular weight excluding hydrogens is 764 g/mol. The molecule has 1 aromatic carbocycles. The third-order valence-corrected chi connectivity index (χ3v) is 13.1. The monoisotopic (exact) mass is 816 g/mol. The van der Waals surface area contributed by atoms with E-state index < -0.39 is 0 Å². The van der Waals surface area contributed by atoms with E-state index in [4.69, 9.17) is 18.8 Å². The maximum absolute atomic E-state index is 6.36. The molecule has 0 fully saturated rings. The van der Waals surface area contributed by atoms with Crippen molar-refractivity contribution >= 4 is 76.7 Å². The van der Waals surface area contributed by atoms with E-state index in [1.807, 2.05) is 0 Å². The number of halogens is 2. The van der Waals surface area contributed by atoms with Crippen LogP contribution >= 0.6 is 54.5 Å². The topological polar surface area (TPSA) is 52.1 Å². The lowest BCUT2D eigenvalue weighted by Crippen LogP contribution is -1.84. The highest BCUT2D eigenvalue weighted by molar-refractivity contribution is 9.11. The quantitative estimate of drug-likeness (QED) is 0.0582. The van der Waals surface area contributed by atoms with Crippen LogP contribution in [0.3, 0.4) is 0 Å². The molecule has 0 N–H and O–H groups in total. The summed E-state index contributed by atoms with van der Waals surface area (Å²) >= 11 is 11.1. The van der Waals surface area contributed by atoms with Crippen molar-refractivity contribution in [2.45, 2.75) is 155 Å². The summed E-state index contributed by atoms with van der Waals surface area (Å²) in [5, 5.41) is 0. The summed E-state index contributed by atoms with van der Waals surface area (Å²) in [6, 6.07) is 8.76. The SMILES string of the molecule is CCCCCCCCCCCCc1ccc(-c2nc3c(Br)c4oc(-c5ccc(CCCCCCCCCCCC)s5)nc4c(Br)c3o2)s1. The highest BCUT2D eigenvalue weighted by atomic mass is 79.9. The summed E-state index contributed by atoms with van der Waals surface area (Å²) in [6.07, 6.45) is 29.5. The number of thiophene rings is 2. The number of nitrogens with zero attached hydrogens (tertiary/aromatic N) is 2. The van der Waals surface area contributed by atoms with Gasteiger partial charge in [0, 0.05) is 9.75 Å². The molecule has 8 heteroatoms. The van der Waals surface area contributed by atoms with Crippen molar-refractivity contribution in [2.24, 2.45) is 0 Å². The van der Waals surface area contributed by atoms with Crippen molar-refractivity contribution in [3.8, 4) is 21.5 Å². The van der Waals surface area contributed by atoms with Gasteiger partial charge in [0.25, 0.3) is 0 Å². The summed E-state index contributed by atoms with van der Waals surface area (Å²) < 4.78 is 14.3. The zero-order chi connectivity index (χ0) is 33.6. The van der Waals surface area contributed by atoms with Gasteiger partial charge in [-0.3, -0.25) is 0 Å². The standard InChI is InChI=1S/C40H54Br2N2O2S2/c1-3-5-7-9-11-13-15-17-19-21-23-29-25-27-31(47-29)39-43-35-33(41)38-36(34(42)37(35)45-39)44-40(46-38)32-28-26-30(48-32)24-22-20-18-16-14-12-10-8-6-4-2/h25-28H,3-24H2,1-2H3. The second-order valence-electron chi connectivity index (χ2n) is 13.4. The predicted octanol–water partition coefficient (Wildman–Crippen LogP) is 15.9. The molecule has 0 spiro atoms. The first kappa shape index (κ1) is 37.8. The Labute approximate surface area is 313 Å². The van der Waals surface area contributed by atoms with Crippen molar-refractivity contribution in [3.05, 3.63) is 43.0 Å². The fraction of sp³-hybridized carbons (Fsp3) is 0.600. The van der Waals surface area contributed by atoms with E-state index >= 15 is 0 Å². The Morgan fingerprint density at radius 2 is 0.812 bits per heavy atom. The highest BCUT2D eigenvalue weighted by Crippen LogP contribution is 2.44. The molecule has 4 aromatic heterocycles. The second kappa shape index (κ2) is 20.4. The van der Waals surface area contributed by atoms with Gasteiger partial charge in [-0.1, -0.05) is 129 Å². The molecular formula is C40H54Br2N2O2S2. The summed E-state index contributed by atoms with van der Waals surface area (Å²) in [7, 11) is 0. The van der Waals surface area contributed by atoms with Gasteiger partial charge < -0.3 is 8.83 Å². The van der Waals surface area contributed by atoms with E-state index in [2.05, 4.69) is 70.0 Å². The Hall–Kier alpha value is -1.48. The summed E-state index contributed by atoms with van der Waals surface area (Å²) in [4.78, 5) is 14.7. The zero-order valence-corrected chi connectivity index (χ0v) is 34.0. The van der Waals surface area contributed by atoms with E-state index in [1.165, 1.54) is 138 Å². The number of unbranched alkanes of at least 4 members (excludes halogenated alkanes) is 18.